The molecule has 2 aromatic heterocycles. The van der Waals surface area contributed by atoms with Crippen molar-refractivity contribution in [1.29, 1.82) is 0 Å². The lowest BCUT2D eigenvalue weighted by Crippen LogP contribution is -2.55. The summed E-state index contributed by atoms with van der Waals surface area (Å²) in [6, 6.07) is 1.60. The molecule has 1 unspecified atom stereocenters. The van der Waals surface area contributed by atoms with Gasteiger partial charge in [-0.15, -0.1) is 0 Å². The first-order valence-electron chi connectivity index (χ1n) is 12.2. The van der Waals surface area contributed by atoms with Crippen molar-refractivity contribution in [1.82, 2.24) is 24.8 Å². The van der Waals surface area contributed by atoms with E-state index in [1.165, 1.54) is 17.3 Å². The molecule has 0 aliphatic carbocycles. The van der Waals surface area contributed by atoms with Crippen LogP contribution in [0.5, 0.6) is 0 Å². The van der Waals surface area contributed by atoms with Crippen molar-refractivity contribution >= 4 is 52.9 Å². The summed E-state index contributed by atoms with van der Waals surface area (Å²) >= 11 is 12.8. The molecule has 0 aromatic carbocycles. The number of hydrogen-bond acceptors (Lipinski definition) is 6. The second kappa shape index (κ2) is 12.0. The first-order valence-corrected chi connectivity index (χ1v) is 12.9. The molecule has 0 N–H and O–H groups in total. The Morgan fingerprint density at radius 1 is 1.19 bits per heavy atom. The van der Waals surface area contributed by atoms with Gasteiger partial charge in [0.2, 0.25) is 12.3 Å². The van der Waals surface area contributed by atoms with Gasteiger partial charge in [-0.25, -0.2) is 15.0 Å². The molecule has 3 rings (SSSR count). The second-order valence-corrected chi connectivity index (χ2v) is 10.3. The van der Waals surface area contributed by atoms with Crippen LogP contribution in [0.3, 0.4) is 0 Å². The number of piperazine rings is 1. The highest BCUT2D eigenvalue weighted by Crippen LogP contribution is 2.38. The molecule has 3 heterocycles. The lowest BCUT2D eigenvalue weighted by Gasteiger charge is -2.41. The molecule has 198 valence electrons. The predicted octanol–water partition coefficient (Wildman–Crippen LogP) is 4.81. The third-order valence-corrected chi connectivity index (χ3v) is 6.97. The number of nitrogens with zero attached hydrogens (tertiary/aromatic N) is 7. The molecule has 0 saturated carbocycles. The van der Waals surface area contributed by atoms with Crippen molar-refractivity contribution in [3.63, 3.8) is 0 Å². The molecule has 1 aliphatic heterocycles. The zero-order valence-corrected chi connectivity index (χ0v) is 23.6. The summed E-state index contributed by atoms with van der Waals surface area (Å²) in [5.74, 6) is 0.774. The fraction of sp³-hybridized carbons (Fsp3) is 0.462. The predicted molar refractivity (Wildman–Crippen MR) is 148 cm³/mol. The number of carbonyl (C=O) groups excluding carboxylic acids is 2. The fourth-order valence-electron chi connectivity index (χ4n) is 4.52. The van der Waals surface area contributed by atoms with Crippen LogP contribution in [-0.2, 0) is 9.59 Å². The summed E-state index contributed by atoms with van der Waals surface area (Å²) in [4.78, 5) is 48.3. The topological polar surface area (TPSA) is 94.9 Å². The zero-order chi connectivity index (χ0) is 27.4. The van der Waals surface area contributed by atoms with Gasteiger partial charge in [-0.1, -0.05) is 57.5 Å². The number of aliphatic imine (C=N–C) groups is 1. The molecular formula is C26H33Cl2N7O2. The molecule has 1 atom stereocenters. The van der Waals surface area contributed by atoms with Gasteiger partial charge in [0.25, 0.3) is 0 Å². The van der Waals surface area contributed by atoms with Gasteiger partial charge in [-0.05, 0) is 30.9 Å². The van der Waals surface area contributed by atoms with Gasteiger partial charge in [-0.2, -0.15) is 0 Å². The molecule has 1 fully saturated rings. The summed E-state index contributed by atoms with van der Waals surface area (Å²) in [5, 5.41) is 0.296. The van der Waals surface area contributed by atoms with Gasteiger partial charge in [0.05, 0.1) is 27.7 Å². The van der Waals surface area contributed by atoms with Crippen molar-refractivity contribution in [2.75, 3.05) is 31.6 Å². The third-order valence-electron chi connectivity index (χ3n) is 6.30. The van der Waals surface area contributed by atoms with Crippen LogP contribution in [0.1, 0.15) is 63.4 Å². The normalized spacial score (nSPS) is 16.4. The molecule has 0 radical (unpaired) electrons. The number of halogens is 2. The quantitative estimate of drug-likeness (QED) is 0.163. The Labute approximate surface area is 228 Å². The van der Waals surface area contributed by atoms with E-state index in [-0.39, 0.29) is 39.8 Å². The van der Waals surface area contributed by atoms with E-state index < -0.39 is 0 Å². The van der Waals surface area contributed by atoms with E-state index in [0.29, 0.717) is 54.5 Å². The Kier molecular flexibility index (Phi) is 9.26. The minimum absolute atomic E-state index is 0.0129. The Balaban J connectivity index is 2.20. The summed E-state index contributed by atoms with van der Waals surface area (Å²) in [6.45, 7) is 15.1. The average molecular weight is 547 g/mol. The zero-order valence-electron chi connectivity index (χ0n) is 22.1. The van der Waals surface area contributed by atoms with Gasteiger partial charge < -0.3 is 9.80 Å². The third kappa shape index (κ3) is 5.78. The number of anilines is 2. The number of aromatic nitrogens is 3. The second-order valence-electron chi connectivity index (χ2n) is 9.49. The van der Waals surface area contributed by atoms with Crippen molar-refractivity contribution < 1.29 is 9.59 Å². The van der Waals surface area contributed by atoms with Crippen LogP contribution >= 0.6 is 23.2 Å². The smallest absolute Gasteiger partial charge is 0.246 e. The highest BCUT2D eigenvalue weighted by atomic mass is 35.5. The number of amidine groups is 1. The molecule has 1 saturated heterocycles. The van der Waals surface area contributed by atoms with E-state index in [1.54, 1.807) is 18.0 Å². The number of hydrogen-bond donors (Lipinski definition) is 0. The monoisotopic (exact) mass is 545 g/mol. The molecule has 11 heteroatoms. The summed E-state index contributed by atoms with van der Waals surface area (Å²) < 4.78 is 0. The number of carbonyl (C=O) groups is 2. The van der Waals surface area contributed by atoms with Crippen LogP contribution in [-0.4, -0.2) is 75.6 Å². The van der Waals surface area contributed by atoms with Crippen molar-refractivity contribution in [3.8, 4) is 0 Å². The standard InChI is InChI=1S/C26H33Cl2N7O2/c1-8-20(37)33-9-10-34(17(6)12-33)25(29-7)18-11-19(27)24(28)32-26(18)35(14-36)23-21(15(2)3)30-13-31-22(23)16(4)5/h8,11,13-17H,1,9-10,12H2,2-7H3. The van der Waals surface area contributed by atoms with E-state index in [9.17, 15) is 9.59 Å². The maximum Gasteiger partial charge on any atom is 0.246 e. The summed E-state index contributed by atoms with van der Waals surface area (Å²) in [6.07, 6.45) is 3.54. The first-order chi connectivity index (χ1) is 17.5. The van der Waals surface area contributed by atoms with Crippen LogP contribution < -0.4 is 4.90 Å². The van der Waals surface area contributed by atoms with Crippen LogP contribution in [0.2, 0.25) is 10.2 Å². The molecule has 0 spiro atoms. The van der Waals surface area contributed by atoms with Gasteiger partial charge in [-0.3, -0.25) is 19.5 Å². The van der Waals surface area contributed by atoms with Crippen LogP contribution in [0.25, 0.3) is 0 Å². The molecule has 2 amide bonds. The summed E-state index contributed by atoms with van der Waals surface area (Å²) in [5.41, 5.74) is 2.53. The molecule has 2 aromatic rings. The minimum Gasteiger partial charge on any atom is -0.350 e. The van der Waals surface area contributed by atoms with Gasteiger partial charge in [0.15, 0.2) is 5.82 Å². The minimum atomic E-state index is -0.114. The average Bonchev–Trinajstić information content (AvgIpc) is 2.87. The fourth-order valence-corrected chi connectivity index (χ4v) is 4.80. The lowest BCUT2D eigenvalue weighted by atomic mass is 10.0. The molecule has 0 bridgehead atoms. The van der Waals surface area contributed by atoms with Crippen LogP contribution in [0.15, 0.2) is 30.0 Å². The Hall–Kier alpha value is -3.04. The van der Waals surface area contributed by atoms with E-state index in [0.717, 1.165) is 0 Å². The number of rotatable bonds is 7. The first kappa shape index (κ1) is 28.5. The van der Waals surface area contributed by atoms with E-state index in [1.807, 2.05) is 34.6 Å². The van der Waals surface area contributed by atoms with Crippen molar-refractivity contribution in [3.05, 3.63) is 52.2 Å². The van der Waals surface area contributed by atoms with E-state index in [4.69, 9.17) is 23.2 Å². The largest absolute Gasteiger partial charge is 0.350 e. The molecule has 9 nitrogen and oxygen atoms in total. The van der Waals surface area contributed by atoms with Gasteiger partial charge in [0, 0.05) is 32.7 Å². The van der Waals surface area contributed by atoms with Gasteiger partial charge in [0.1, 0.15) is 17.3 Å². The molecule has 37 heavy (non-hydrogen) atoms. The Morgan fingerprint density at radius 3 is 2.30 bits per heavy atom. The Morgan fingerprint density at radius 2 is 1.81 bits per heavy atom. The van der Waals surface area contributed by atoms with Crippen molar-refractivity contribution in [2.24, 2.45) is 4.99 Å². The number of amides is 2. The van der Waals surface area contributed by atoms with Gasteiger partial charge >= 0.3 is 0 Å². The molecular weight excluding hydrogens is 513 g/mol. The Bertz CT molecular complexity index is 1190. The summed E-state index contributed by atoms with van der Waals surface area (Å²) in [7, 11) is 1.67. The highest BCUT2D eigenvalue weighted by Gasteiger charge is 2.33. The maximum absolute atomic E-state index is 12.8. The van der Waals surface area contributed by atoms with Crippen LogP contribution in [0.4, 0.5) is 11.5 Å². The number of pyridine rings is 1. The molecule has 1 aliphatic rings. The highest BCUT2D eigenvalue weighted by molar-refractivity contribution is 6.41. The SMILES string of the molecule is C=CC(=O)N1CCN(C(=NC)c2cc(Cl)c(Cl)nc2N(C=O)c2c(C(C)C)ncnc2C(C)C)C(C)C1. The van der Waals surface area contributed by atoms with Crippen LogP contribution in [0, 0.1) is 0 Å². The van der Waals surface area contributed by atoms with E-state index in [2.05, 4.69) is 31.4 Å². The maximum atomic E-state index is 12.8. The lowest BCUT2D eigenvalue weighted by molar-refractivity contribution is -0.128. The van der Waals surface area contributed by atoms with E-state index >= 15 is 0 Å². The van der Waals surface area contributed by atoms with Crippen molar-refractivity contribution in [2.45, 2.75) is 52.5 Å².